The topological polar surface area (TPSA) is 74.8 Å². The molecule has 0 aromatic carbocycles. The van der Waals surface area contributed by atoms with Gasteiger partial charge in [-0.1, -0.05) is 13.8 Å². The molecule has 0 spiro atoms. The molecule has 3 N–H and O–H groups in total. The van der Waals surface area contributed by atoms with Gasteiger partial charge in [0, 0.05) is 20.6 Å². The number of carbonyl (C=O) groups is 1. The summed E-state index contributed by atoms with van der Waals surface area (Å²) in [6.07, 6.45) is -0.396. The molecule has 1 atom stereocenters. The summed E-state index contributed by atoms with van der Waals surface area (Å²) in [5, 5.41) is 8.94. The first-order chi connectivity index (χ1) is 8.69. The van der Waals surface area contributed by atoms with Crippen LogP contribution in [0.5, 0.6) is 0 Å². The average molecular weight is 272 g/mol. The Morgan fingerprint density at radius 2 is 1.89 bits per heavy atom. The minimum Gasteiger partial charge on any atom is -0.444 e. The lowest BCUT2D eigenvalue weighted by molar-refractivity contribution is 0.0491. The average Bonchev–Trinajstić information content (AvgIpc) is 2.25. The lowest BCUT2D eigenvalue weighted by atomic mass is 10.0. The van der Waals surface area contributed by atoms with Crippen LogP contribution in [0.4, 0.5) is 4.79 Å². The van der Waals surface area contributed by atoms with Crippen LogP contribution in [-0.2, 0) is 4.74 Å². The summed E-state index contributed by atoms with van der Waals surface area (Å²) in [7, 11) is 3.49. The van der Waals surface area contributed by atoms with Crippen LogP contribution in [0.25, 0.3) is 0 Å². The summed E-state index contributed by atoms with van der Waals surface area (Å²) in [5.41, 5.74) is -0.486. The van der Waals surface area contributed by atoms with Gasteiger partial charge in [0.25, 0.3) is 0 Å². The van der Waals surface area contributed by atoms with Crippen molar-refractivity contribution in [2.24, 2.45) is 10.9 Å². The number of aliphatic imine (C=N–C) groups is 1. The molecule has 112 valence electrons. The maximum Gasteiger partial charge on any atom is 0.407 e. The van der Waals surface area contributed by atoms with Gasteiger partial charge in [-0.2, -0.15) is 0 Å². The second-order valence-corrected chi connectivity index (χ2v) is 5.70. The molecule has 0 bridgehead atoms. The number of nitrogens with zero attached hydrogens (tertiary/aromatic N) is 1. The van der Waals surface area contributed by atoms with E-state index in [2.05, 4.69) is 20.9 Å². The number of alkyl carbamates (subject to hydrolysis) is 1. The predicted octanol–water partition coefficient (Wildman–Crippen LogP) is 1.33. The summed E-state index contributed by atoms with van der Waals surface area (Å²) < 4.78 is 5.25. The fourth-order valence-corrected chi connectivity index (χ4v) is 1.40. The van der Waals surface area contributed by atoms with Gasteiger partial charge >= 0.3 is 6.09 Å². The molecule has 0 aliphatic carbocycles. The molecule has 0 aliphatic rings. The first kappa shape index (κ1) is 17.5. The van der Waals surface area contributed by atoms with Crippen LogP contribution in [0.3, 0.4) is 0 Å². The summed E-state index contributed by atoms with van der Waals surface area (Å²) in [5.74, 6) is 0.978. The second-order valence-electron chi connectivity index (χ2n) is 5.70. The zero-order chi connectivity index (χ0) is 15.1. The van der Waals surface area contributed by atoms with E-state index in [9.17, 15) is 4.79 Å². The van der Waals surface area contributed by atoms with Crippen LogP contribution < -0.4 is 16.0 Å². The van der Waals surface area contributed by atoms with Crippen LogP contribution in [-0.4, -0.2) is 44.3 Å². The van der Waals surface area contributed by atoms with E-state index in [0.717, 1.165) is 0 Å². The van der Waals surface area contributed by atoms with Gasteiger partial charge in [0.15, 0.2) is 5.96 Å². The molecule has 0 aromatic heterocycles. The maximum atomic E-state index is 11.8. The number of amides is 1. The molecule has 0 aromatic rings. The van der Waals surface area contributed by atoms with Crippen LogP contribution in [0.15, 0.2) is 4.99 Å². The normalized spacial score (nSPS) is 14.0. The lowest BCUT2D eigenvalue weighted by Gasteiger charge is -2.26. The standard InChI is InChI=1S/C13H28N4O2/c1-9(2)10(8-16-11(14-6)15-7)17-12(18)19-13(3,4)5/h9-10H,8H2,1-7H3,(H,17,18)(H2,14,15,16). The number of hydrogen-bond acceptors (Lipinski definition) is 3. The smallest absolute Gasteiger partial charge is 0.407 e. The number of hydrogen-bond donors (Lipinski definition) is 3. The monoisotopic (exact) mass is 272 g/mol. The minimum absolute atomic E-state index is 0.0278. The van der Waals surface area contributed by atoms with Crippen molar-refractivity contribution in [1.29, 1.82) is 0 Å². The van der Waals surface area contributed by atoms with Gasteiger partial charge in [0.1, 0.15) is 5.60 Å². The molecule has 0 saturated carbocycles. The number of carbonyl (C=O) groups excluding carboxylic acids is 1. The van der Waals surface area contributed by atoms with Crippen molar-refractivity contribution in [1.82, 2.24) is 16.0 Å². The third-order valence-electron chi connectivity index (χ3n) is 2.46. The molecule has 0 saturated heterocycles. The van der Waals surface area contributed by atoms with Gasteiger partial charge in [0.05, 0.1) is 6.04 Å². The Morgan fingerprint density at radius 1 is 1.32 bits per heavy atom. The van der Waals surface area contributed by atoms with Gasteiger partial charge in [0.2, 0.25) is 0 Å². The molecule has 19 heavy (non-hydrogen) atoms. The fraction of sp³-hybridized carbons (Fsp3) is 0.846. The first-order valence-corrected chi connectivity index (χ1v) is 6.57. The quantitative estimate of drug-likeness (QED) is 0.533. The van der Waals surface area contributed by atoms with E-state index in [-0.39, 0.29) is 12.0 Å². The summed E-state index contributed by atoms with van der Waals surface area (Å²) >= 11 is 0. The van der Waals surface area contributed by atoms with E-state index in [0.29, 0.717) is 12.5 Å². The Labute approximate surface area is 116 Å². The van der Waals surface area contributed by atoms with E-state index >= 15 is 0 Å². The highest BCUT2D eigenvalue weighted by Crippen LogP contribution is 2.08. The molecule has 1 unspecified atom stereocenters. The minimum atomic E-state index is -0.486. The second kappa shape index (κ2) is 7.86. The Bertz CT molecular complexity index is 308. The predicted molar refractivity (Wildman–Crippen MR) is 78.4 cm³/mol. The van der Waals surface area contributed by atoms with Crippen molar-refractivity contribution in [3.63, 3.8) is 0 Å². The van der Waals surface area contributed by atoms with Crippen LogP contribution in [0.2, 0.25) is 0 Å². The van der Waals surface area contributed by atoms with E-state index in [1.807, 2.05) is 34.6 Å². The molecular weight excluding hydrogens is 244 g/mol. The van der Waals surface area contributed by atoms with Crippen molar-refractivity contribution >= 4 is 12.1 Å². The van der Waals surface area contributed by atoms with Gasteiger partial charge in [-0.3, -0.25) is 4.99 Å². The lowest BCUT2D eigenvalue weighted by Crippen LogP contribution is -2.49. The summed E-state index contributed by atoms with van der Waals surface area (Å²) in [4.78, 5) is 15.8. The van der Waals surface area contributed by atoms with Crippen molar-refractivity contribution in [2.75, 3.05) is 20.6 Å². The third kappa shape index (κ3) is 8.29. The van der Waals surface area contributed by atoms with E-state index in [4.69, 9.17) is 4.74 Å². The highest BCUT2D eigenvalue weighted by atomic mass is 16.6. The summed E-state index contributed by atoms with van der Waals surface area (Å²) in [6.45, 7) is 10.2. The van der Waals surface area contributed by atoms with Crippen molar-refractivity contribution in [2.45, 2.75) is 46.3 Å². The Morgan fingerprint density at radius 3 is 2.26 bits per heavy atom. The number of nitrogens with one attached hydrogen (secondary N) is 3. The maximum absolute atomic E-state index is 11.8. The highest BCUT2D eigenvalue weighted by molar-refractivity contribution is 5.79. The molecule has 0 heterocycles. The Balaban J connectivity index is 4.38. The Hall–Kier alpha value is -1.46. The van der Waals surface area contributed by atoms with Crippen molar-refractivity contribution in [3.8, 4) is 0 Å². The van der Waals surface area contributed by atoms with Gasteiger partial charge in [-0.05, 0) is 26.7 Å². The van der Waals surface area contributed by atoms with Crippen molar-refractivity contribution in [3.05, 3.63) is 0 Å². The van der Waals surface area contributed by atoms with E-state index < -0.39 is 11.7 Å². The van der Waals surface area contributed by atoms with Crippen LogP contribution >= 0.6 is 0 Å². The van der Waals surface area contributed by atoms with Crippen molar-refractivity contribution < 1.29 is 9.53 Å². The van der Waals surface area contributed by atoms with Gasteiger partial charge in [-0.25, -0.2) is 4.79 Å². The molecule has 0 rings (SSSR count). The van der Waals surface area contributed by atoms with Crippen LogP contribution in [0, 0.1) is 5.92 Å². The molecule has 0 fully saturated rings. The zero-order valence-electron chi connectivity index (χ0n) is 13.1. The molecule has 0 aliphatic heterocycles. The first-order valence-electron chi connectivity index (χ1n) is 6.57. The van der Waals surface area contributed by atoms with Gasteiger partial charge < -0.3 is 20.7 Å². The zero-order valence-corrected chi connectivity index (χ0v) is 13.1. The van der Waals surface area contributed by atoms with Crippen LogP contribution in [0.1, 0.15) is 34.6 Å². The highest BCUT2D eigenvalue weighted by Gasteiger charge is 2.21. The SMILES string of the molecule is CN=C(NC)NCC(NC(=O)OC(C)(C)C)C(C)C. The molecule has 6 nitrogen and oxygen atoms in total. The summed E-state index contributed by atoms with van der Waals surface area (Å²) in [6, 6.07) is -0.0278. The van der Waals surface area contributed by atoms with E-state index in [1.54, 1.807) is 14.1 Å². The molecular formula is C13H28N4O2. The number of ether oxygens (including phenoxy) is 1. The van der Waals surface area contributed by atoms with Gasteiger partial charge in [-0.15, -0.1) is 0 Å². The molecule has 0 radical (unpaired) electrons. The largest absolute Gasteiger partial charge is 0.444 e. The van der Waals surface area contributed by atoms with E-state index in [1.165, 1.54) is 0 Å². The number of rotatable bonds is 4. The number of guanidine groups is 1. The fourth-order valence-electron chi connectivity index (χ4n) is 1.40. The third-order valence-corrected chi connectivity index (χ3v) is 2.46. The molecule has 6 heteroatoms. The molecule has 1 amide bonds. The Kier molecular flexibility index (Phi) is 7.26.